The number of alkyl halides is 2. The number of aryl methyl sites for hydroxylation is 1. The molecule has 1 fully saturated rings. The van der Waals surface area contributed by atoms with Crippen LogP contribution >= 0.6 is 0 Å². The number of anilines is 1. The number of pyridine rings is 1. The fourth-order valence-corrected chi connectivity index (χ4v) is 3.55. The van der Waals surface area contributed by atoms with Crippen molar-refractivity contribution in [2.75, 3.05) is 5.32 Å². The highest BCUT2D eigenvalue weighted by atomic mass is 19.3. The quantitative estimate of drug-likeness (QED) is 0.591. The summed E-state index contributed by atoms with van der Waals surface area (Å²) in [4.78, 5) is 20.8. The van der Waals surface area contributed by atoms with E-state index in [0.717, 1.165) is 18.9 Å². The van der Waals surface area contributed by atoms with Gasteiger partial charge in [-0.2, -0.15) is 4.39 Å². The van der Waals surface area contributed by atoms with E-state index in [1.807, 2.05) is 6.92 Å². The SMILES string of the molecule is Cc1nc(N[C@H](C)c2cccc(C(F)F)c2F)c2cn(C3(C)CC3)c(=O)c(F)c2n1. The third-order valence-corrected chi connectivity index (χ3v) is 5.60. The van der Waals surface area contributed by atoms with Gasteiger partial charge < -0.3 is 9.88 Å². The molecule has 3 aromatic rings. The number of nitrogens with zero attached hydrogens (tertiary/aromatic N) is 3. The lowest BCUT2D eigenvalue weighted by Gasteiger charge is -2.20. The summed E-state index contributed by atoms with van der Waals surface area (Å²) in [6.07, 6.45) is 0.0564. The van der Waals surface area contributed by atoms with Gasteiger partial charge in [0.1, 0.15) is 23.0 Å². The van der Waals surface area contributed by atoms with Gasteiger partial charge in [-0.25, -0.2) is 23.1 Å². The van der Waals surface area contributed by atoms with Crippen molar-refractivity contribution in [3.05, 3.63) is 63.3 Å². The maximum Gasteiger partial charge on any atom is 0.289 e. The van der Waals surface area contributed by atoms with Gasteiger partial charge in [0.25, 0.3) is 12.0 Å². The Morgan fingerprint density at radius 3 is 2.43 bits per heavy atom. The molecule has 2 aromatic heterocycles. The van der Waals surface area contributed by atoms with Crippen molar-refractivity contribution in [2.24, 2.45) is 0 Å². The lowest BCUT2D eigenvalue weighted by Crippen LogP contribution is -2.30. The second-order valence-electron chi connectivity index (χ2n) is 7.91. The van der Waals surface area contributed by atoms with Crippen LogP contribution in [0.15, 0.2) is 29.2 Å². The molecule has 0 unspecified atom stereocenters. The molecule has 30 heavy (non-hydrogen) atoms. The molecule has 0 saturated heterocycles. The summed E-state index contributed by atoms with van der Waals surface area (Å²) >= 11 is 0. The summed E-state index contributed by atoms with van der Waals surface area (Å²) in [7, 11) is 0. The van der Waals surface area contributed by atoms with E-state index in [4.69, 9.17) is 0 Å². The molecule has 5 nitrogen and oxygen atoms in total. The third kappa shape index (κ3) is 3.32. The fourth-order valence-electron chi connectivity index (χ4n) is 3.55. The number of benzene rings is 1. The first-order chi connectivity index (χ1) is 14.1. The topological polar surface area (TPSA) is 59.8 Å². The fraction of sp³-hybridized carbons (Fsp3) is 0.381. The van der Waals surface area contributed by atoms with Crippen LogP contribution in [0.25, 0.3) is 10.9 Å². The number of hydrogen-bond donors (Lipinski definition) is 1. The van der Waals surface area contributed by atoms with Crippen LogP contribution in [-0.4, -0.2) is 14.5 Å². The minimum atomic E-state index is -2.94. The summed E-state index contributed by atoms with van der Waals surface area (Å²) in [6, 6.07) is 3.04. The van der Waals surface area contributed by atoms with Gasteiger partial charge in [0.05, 0.1) is 17.0 Å². The Kier molecular flexibility index (Phi) is 4.79. The van der Waals surface area contributed by atoms with Crippen molar-refractivity contribution in [2.45, 2.75) is 51.6 Å². The molecule has 0 radical (unpaired) electrons. The second-order valence-corrected chi connectivity index (χ2v) is 7.91. The highest BCUT2D eigenvalue weighted by molar-refractivity contribution is 5.89. The van der Waals surface area contributed by atoms with E-state index >= 15 is 0 Å². The predicted molar refractivity (Wildman–Crippen MR) is 105 cm³/mol. The standard InChI is InChI=1S/C21H20F4N4O/c1-10(12-5-4-6-13(15(12)22)18(24)25)26-19-14-9-29(21(3)7-8-21)20(30)16(23)17(14)27-11(2)28-19/h4-6,9-10,18H,7-8H2,1-3H3,(H,26,27,28)/t10-/m1/s1. The predicted octanol–water partition coefficient (Wildman–Crippen LogP) is 5.00. The summed E-state index contributed by atoms with van der Waals surface area (Å²) in [5, 5.41) is 3.24. The maximum absolute atomic E-state index is 14.8. The molecule has 9 heteroatoms. The first-order valence-corrected chi connectivity index (χ1v) is 9.55. The zero-order valence-electron chi connectivity index (χ0n) is 16.6. The van der Waals surface area contributed by atoms with Gasteiger partial charge in [-0.3, -0.25) is 4.79 Å². The van der Waals surface area contributed by atoms with Gasteiger partial charge in [-0.05, 0) is 33.6 Å². The third-order valence-electron chi connectivity index (χ3n) is 5.60. The summed E-state index contributed by atoms with van der Waals surface area (Å²) in [5.41, 5.74) is -2.01. The number of fused-ring (bicyclic) bond motifs is 1. The molecule has 1 aliphatic rings. The van der Waals surface area contributed by atoms with E-state index < -0.39 is 40.8 Å². The molecule has 1 N–H and O–H groups in total. The molecule has 2 heterocycles. The van der Waals surface area contributed by atoms with E-state index in [9.17, 15) is 22.4 Å². The van der Waals surface area contributed by atoms with Crippen molar-refractivity contribution in [3.8, 4) is 0 Å². The molecule has 0 aliphatic heterocycles. The number of rotatable bonds is 5. The van der Waals surface area contributed by atoms with Crippen molar-refractivity contribution in [3.63, 3.8) is 0 Å². The van der Waals surface area contributed by atoms with E-state index in [0.29, 0.717) is 0 Å². The first kappa shape index (κ1) is 20.3. The van der Waals surface area contributed by atoms with Crippen LogP contribution in [-0.2, 0) is 5.54 Å². The van der Waals surface area contributed by atoms with E-state index in [2.05, 4.69) is 15.3 Å². The average molecular weight is 420 g/mol. The lowest BCUT2D eigenvalue weighted by molar-refractivity contribution is 0.146. The molecular weight excluding hydrogens is 400 g/mol. The number of aromatic nitrogens is 3. The molecule has 1 aromatic carbocycles. The Bertz CT molecular complexity index is 1200. The van der Waals surface area contributed by atoms with Gasteiger partial charge in [0.2, 0.25) is 5.82 Å². The monoisotopic (exact) mass is 420 g/mol. The van der Waals surface area contributed by atoms with Crippen LogP contribution in [0.2, 0.25) is 0 Å². The Morgan fingerprint density at radius 1 is 1.13 bits per heavy atom. The number of hydrogen-bond acceptors (Lipinski definition) is 4. The van der Waals surface area contributed by atoms with Crippen LogP contribution in [0.5, 0.6) is 0 Å². The number of halogens is 4. The maximum atomic E-state index is 14.8. The normalized spacial score (nSPS) is 16.1. The summed E-state index contributed by atoms with van der Waals surface area (Å²) in [6.45, 7) is 4.99. The molecule has 1 saturated carbocycles. The Hall–Kier alpha value is -2.97. The molecule has 0 bridgehead atoms. The zero-order chi connectivity index (χ0) is 21.8. The van der Waals surface area contributed by atoms with E-state index in [1.165, 1.54) is 22.9 Å². The average Bonchev–Trinajstić information content (AvgIpc) is 3.43. The highest BCUT2D eigenvalue weighted by Crippen LogP contribution is 2.42. The Morgan fingerprint density at radius 2 is 1.80 bits per heavy atom. The van der Waals surface area contributed by atoms with Crippen LogP contribution in [0, 0.1) is 18.6 Å². The largest absolute Gasteiger partial charge is 0.363 e. The molecule has 1 aliphatic carbocycles. The molecular formula is C21H20F4N4O. The molecule has 0 spiro atoms. The minimum Gasteiger partial charge on any atom is -0.363 e. The minimum absolute atomic E-state index is 0.0279. The summed E-state index contributed by atoms with van der Waals surface area (Å²) in [5.74, 6) is -1.57. The molecule has 1 atom stereocenters. The van der Waals surface area contributed by atoms with Crippen molar-refractivity contribution in [1.82, 2.24) is 14.5 Å². The highest BCUT2D eigenvalue weighted by Gasteiger charge is 2.41. The van der Waals surface area contributed by atoms with Gasteiger partial charge >= 0.3 is 0 Å². The molecule has 158 valence electrons. The number of nitrogens with one attached hydrogen (secondary N) is 1. The smallest absolute Gasteiger partial charge is 0.289 e. The van der Waals surface area contributed by atoms with Crippen LogP contribution in [0.4, 0.5) is 23.4 Å². The van der Waals surface area contributed by atoms with Crippen LogP contribution < -0.4 is 10.9 Å². The summed E-state index contributed by atoms with van der Waals surface area (Å²) < 4.78 is 56.8. The zero-order valence-corrected chi connectivity index (χ0v) is 16.6. The lowest BCUT2D eigenvalue weighted by atomic mass is 10.0. The van der Waals surface area contributed by atoms with Crippen molar-refractivity contribution >= 4 is 16.7 Å². The molecule has 4 rings (SSSR count). The van der Waals surface area contributed by atoms with E-state index in [-0.39, 0.29) is 28.1 Å². The Labute approximate surface area is 169 Å². The molecule has 0 amide bonds. The van der Waals surface area contributed by atoms with Crippen molar-refractivity contribution in [1.29, 1.82) is 0 Å². The van der Waals surface area contributed by atoms with E-state index in [1.54, 1.807) is 13.8 Å². The van der Waals surface area contributed by atoms with Gasteiger partial charge in [-0.15, -0.1) is 0 Å². The van der Waals surface area contributed by atoms with Gasteiger partial charge in [0.15, 0.2) is 0 Å². The van der Waals surface area contributed by atoms with Crippen molar-refractivity contribution < 1.29 is 17.6 Å². The van der Waals surface area contributed by atoms with Gasteiger partial charge in [-0.1, -0.05) is 18.2 Å². The second kappa shape index (κ2) is 7.07. The van der Waals surface area contributed by atoms with Crippen LogP contribution in [0.3, 0.4) is 0 Å². The Balaban J connectivity index is 1.82. The first-order valence-electron chi connectivity index (χ1n) is 9.55. The van der Waals surface area contributed by atoms with Gasteiger partial charge in [0, 0.05) is 17.3 Å². The van der Waals surface area contributed by atoms with Crippen LogP contribution in [0.1, 0.15) is 56.1 Å².